The summed E-state index contributed by atoms with van der Waals surface area (Å²) >= 11 is 0. The second-order valence-electron chi connectivity index (χ2n) is 6.15. The summed E-state index contributed by atoms with van der Waals surface area (Å²) in [6.07, 6.45) is 0.0274. The van der Waals surface area contributed by atoms with E-state index in [1.54, 1.807) is 24.0 Å². The van der Waals surface area contributed by atoms with Crippen LogP contribution >= 0.6 is 0 Å². The van der Waals surface area contributed by atoms with Gasteiger partial charge in [-0.25, -0.2) is 9.59 Å². The molecule has 0 saturated carbocycles. The highest BCUT2D eigenvalue weighted by Crippen LogP contribution is 2.35. The molecule has 2 heterocycles. The fraction of sp³-hybridized carbons (Fsp3) is 0.444. The smallest absolute Gasteiger partial charge is 0.441 e. The maximum Gasteiger partial charge on any atom is 0.519 e. The highest BCUT2D eigenvalue weighted by molar-refractivity contribution is 5.68. The number of hydrogen-bond acceptors (Lipinski definition) is 8. The second-order valence-corrected chi connectivity index (χ2v) is 6.15. The number of rotatable bonds is 6. The predicted molar refractivity (Wildman–Crippen MR) is 91.4 cm³/mol. The zero-order chi connectivity index (χ0) is 19.6. The highest BCUT2D eigenvalue weighted by atomic mass is 16.8. The minimum Gasteiger partial charge on any atom is -0.441 e. The first-order valence-electron chi connectivity index (χ1n) is 8.54. The van der Waals surface area contributed by atoms with E-state index in [2.05, 4.69) is 0 Å². The lowest BCUT2D eigenvalue weighted by Crippen LogP contribution is -2.40. The lowest BCUT2D eigenvalue weighted by Gasteiger charge is -2.27. The van der Waals surface area contributed by atoms with Gasteiger partial charge in [-0.3, -0.25) is 0 Å². The molecule has 1 aliphatic heterocycles. The average molecular weight is 379 g/mol. The SMILES string of the molecule is CCN(C(=O)OCc1oc(=O)oc1C)C(C)Cc1ccc2c(c1)OC(O)O2. The molecule has 9 heteroatoms. The van der Waals surface area contributed by atoms with Gasteiger partial charge in [0.15, 0.2) is 29.6 Å². The molecule has 0 aliphatic carbocycles. The Morgan fingerprint density at radius 2 is 2.04 bits per heavy atom. The number of aliphatic hydroxyl groups is 1. The van der Waals surface area contributed by atoms with Crippen molar-refractivity contribution < 1.29 is 32.9 Å². The van der Waals surface area contributed by atoms with Gasteiger partial charge in [0.1, 0.15) is 0 Å². The number of aliphatic hydroxyl groups excluding tert-OH is 1. The molecule has 27 heavy (non-hydrogen) atoms. The molecule has 2 unspecified atom stereocenters. The number of carbonyl (C=O) groups excluding carboxylic acids is 1. The molecular weight excluding hydrogens is 358 g/mol. The highest BCUT2D eigenvalue weighted by Gasteiger charge is 2.24. The van der Waals surface area contributed by atoms with Gasteiger partial charge in [-0.05, 0) is 44.9 Å². The van der Waals surface area contributed by atoms with Gasteiger partial charge in [0, 0.05) is 12.6 Å². The van der Waals surface area contributed by atoms with Crippen LogP contribution in [0.5, 0.6) is 11.5 Å². The van der Waals surface area contributed by atoms with E-state index in [-0.39, 0.29) is 24.2 Å². The Labute approximate surface area is 155 Å². The minimum atomic E-state index is -1.29. The molecule has 0 spiro atoms. The summed E-state index contributed by atoms with van der Waals surface area (Å²) in [6.45, 7) is 4.27. The van der Waals surface area contributed by atoms with Crippen molar-refractivity contribution in [3.8, 4) is 11.5 Å². The molecule has 2 atom stereocenters. The molecule has 9 nitrogen and oxygen atoms in total. The van der Waals surface area contributed by atoms with E-state index in [1.807, 2.05) is 19.9 Å². The Morgan fingerprint density at radius 3 is 2.70 bits per heavy atom. The zero-order valence-electron chi connectivity index (χ0n) is 15.3. The predicted octanol–water partition coefficient (Wildman–Crippen LogP) is 2.18. The molecule has 0 bridgehead atoms. The molecule has 1 aromatic heterocycles. The first-order chi connectivity index (χ1) is 12.9. The zero-order valence-corrected chi connectivity index (χ0v) is 15.3. The largest absolute Gasteiger partial charge is 0.519 e. The van der Waals surface area contributed by atoms with Gasteiger partial charge < -0.3 is 33.1 Å². The number of likely N-dealkylation sites (N-methyl/N-ethyl adjacent to an activating group) is 1. The van der Waals surface area contributed by atoms with Crippen LogP contribution in [0.1, 0.15) is 30.9 Å². The third-order valence-corrected chi connectivity index (χ3v) is 4.26. The summed E-state index contributed by atoms with van der Waals surface area (Å²) in [5.41, 5.74) is 0.918. The van der Waals surface area contributed by atoms with E-state index in [4.69, 9.17) is 23.0 Å². The van der Waals surface area contributed by atoms with Gasteiger partial charge in [0.2, 0.25) is 0 Å². The molecular formula is C18H21NO8. The van der Waals surface area contributed by atoms with Crippen molar-refractivity contribution in [2.24, 2.45) is 0 Å². The van der Waals surface area contributed by atoms with Crippen molar-refractivity contribution in [3.05, 3.63) is 45.9 Å². The van der Waals surface area contributed by atoms with Crippen LogP contribution in [0, 0.1) is 6.92 Å². The summed E-state index contributed by atoms with van der Waals surface area (Å²) in [4.78, 5) is 25.0. The van der Waals surface area contributed by atoms with Crippen molar-refractivity contribution >= 4 is 6.09 Å². The van der Waals surface area contributed by atoms with Crippen LogP contribution in [-0.2, 0) is 17.8 Å². The molecule has 2 aromatic rings. The van der Waals surface area contributed by atoms with Gasteiger partial charge >= 0.3 is 18.4 Å². The molecule has 1 amide bonds. The van der Waals surface area contributed by atoms with Crippen molar-refractivity contribution in [1.82, 2.24) is 4.90 Å². The quantitative estimate of drug-likeness (QED) is 0.813. The number of benzene rings is 1. The molecule has 0 saturated heterocycles. The summed E-state index contributed by atoms with van der Waals surface area (Å²) in [6, 6.07) is 5.17. The van der Waals surface area contributed by atoms with Gasteiger partial charge in [0.05, 0.1) is 0 Å². The lowest BCUT2D eigenvalue weighted by atomic mass is 10.1. The summed E-state index contributed by atoms with van der Waals surface area (Å²) in [5.74, 6) is 0.580. The molecule has 3 rings (SSSR count). The summed E-state index contributed by atoms with van der Waals surface area (Å²) in [7, 11) is 0. The van der Waals surface area contributed by atoms with Crippen LogP contribution < -0.4 is 15.3 Å². The van der Waals surface area contributed by atoms with Crippen LogP contribution in [0.2, 0.25) is 0 Å². The molecule has 1 aliphatic rings. The Bertz CT molecular complexity index is 870. The van der Waals surface area contributed by atoms with Crippen LogP contribution in [0.15, 0.2) is 31.8 Å². The second kappa shape index (κ2) is 7.75. The first kappa shape index (κ1) is 18.8. The number of hydrogen-bond donors (Lipinski definition) is 1. The molecule has 0 radical (unpaired) electrons. The molecule has 1 aromatic carbocycles. The number of fused-ring (bicyclic) bond motifs is 1. The fourth-order valence-corrected chi connectivity index (χ4v) is 2.90. The van der Waals surface area contributed by atoms with Crippen LogP contribution in [-0.4, -0.2) is 35.2 Å². The third-order valence-electron chi connectivity index (χ3n) is 4.26. The van der Waals surface area contributed by atoms with E-state index in [1.165, 1.54) is 0 Å². The molecule has 1 N–H and O–H groups in total. The van der Waals surface area contributed by atoms with Gasteiger partial charge in [-0.1, -0.05) is 6.07 Å². The van der Waals surface area contributed by atoms with E-state index in [0.717, 1.165) is 5.56 Å². The number of carbonyl (C=O) groups is 1. The maximum atomic E-state index is 12.4. The Balaban J connectivity index is 1.61. The Kier molecular flexibility index (Phi) is 5.41. The number of aryl methyl sites for hydroxylation is 1. The topological polar surface area (TPSA) is 112 Å². The Morgan fingerprint density at radius 1 is 1.30 bits per heavy atom. The van der Waals surface area contributed by atoms with Gasteiger partial charge in [-0.2, -0.15) is 0 Å². The van der Waals surface area contributed by atoms with E-state index in [0.29, 0.717) is 24.5 Å². The van der Waals surface area contributed by atoms with Crippen molar-refractivity contribution in [2.45, 2.75) is 46.3 Å². The standard InChI is InChI=1S/C18H21NO8/c1-4-19(16(20)23-9-15-11(3)24-17(21)27-15)10(2)7-12-5-6-13-14(8-12)26-18(22)25-13/h5-6,8,10,18,22H,4,7,9H2,1-3H3. The van der Waals surface area contributed by atoms with Crippen LogP contribution in [0.25, 0.3) is 0 Å². The normalized spacial score (nSPS) is 16.2. The lowest BCUT2D eigenvalue weighted by molar-refractivity contribution is -0.133. The first-order valence-corrected chi connectivity index (χ1v) is 8.54. The maximum absolute atomic E-state index is 12.4. The summed E-state index contributed by atoms with van der Waals surface area (Å²) in [5, 5.41) is 9.35. The summed E-state index contributed by atoms with van der Waals surface area (Å²) < 4.78 is 25.0. The minimum absolute atomic E-state index is 0.162. The van der Waals surface area contributed by atoms with Crippen molar-refractivity contribution in [3.63, 3.8) is 0 Å². The van der Waals surface area contributed by atoms with E-state index in [9.17, 15) is 14.7 Å². The van der Waals surface area contributed by atoms with Crippen LogP contribution in [0.4, 0.5) is 4.79 Å². The van der Waals surface area contributed by atoms with Gasteiger partial charge in [0.25, 0.3) is 0 Å². The number of nitrogens with zero attached hydrogens (tertiary/aromatic N) is 1. The van der Waals surface area contributed by atoms with Crippen molar-refractivity contribution in [1.29, 1.82) is 0 Å². The third kappa shape index (κ3) is 4.25. The number of amides is 1. The number of ether oxygens (including phenoxy) is 3. The van der Waals surface area contributed by atoms with Crippen LogP contribution in [0.3, 0.4) is 0 Å². The van der Waals surface area contributed by atoms with E-state index < -0.39 is 18.4 Å². The molecule has 0 fully saturated rings. The van der Waals surface area contributed by atoms with Crippen molar-refractivity contribution in [2.75, 3.05) is 6.54 Å². The van der Waals surface area contributed by atoms with Gasteiger partial charge in [-0.15, -0.1) is 0 Å². The fourth-order valence-electron chi connectivity index (χ4n) is 2.90. The Hall–Kier alpha value is -2.94. The average Bonchev–Trinajstić information content (AvgIpc) is 3.13. The molecule has 146 valence electrons. The monoisotopic (exact) mass is 379 g/mol. The van der Waals surface area contributed by atoms with E-state index >= 15 is 0 Å².